The van der Waals surface area contributed by atoms with Crippen molar-refractivity contribution in [2.24, 2.45) is 11.3 Å². The lowest BCUT2D eigenvalue weighted by Gasteiger charge is -2.37. The van der Waals surface area contributed by atoms with Crippen LogP contribution in [-0.2, 0) is 9.59 Å². The number of hydrogen-bond acceptors (Lipinski definition) is 2. The van der Waals surface area contributed by atoms with Crippen molar-refractivity contribution in [3.63, 3.8) is 0 Å². The number of carbonyl (C=O) groups is 2. The van der Waals surface area contributed by atoms with Gasteiger partial charge < -0.3 is 5.32 Å². The maximum Gasteiger partial charge on any atom is 0.227 e. The molecule has 1 aliphatic carbocycles. The molecule has 0 aliphatic heterocycles. The van der Waals surface area contributed by atoms with Crippen molar-refractivity contribution < 1.29 is 9.59 Å². The molecular formula is C14H25NO2. The van der Waals surface area contributed by atoms with Crippen LogP contribution in [0.1, 0.15) is 59.3 Å². The standard InChI is InChI=1S/C14H25NO2/c1-11(16)9-13(17)15-10-14(2,3)12-7-5-4-6-8-12/h12H,4-10H2,1-3H3,(H,15,17). The van der Waals surface area contributed by atoms with Gasteiger partial charge in [0.15, 0.2) is 0 Å². The molecule has 1 N–H and O–H groups in total. The van der Waals surface area contributed by atoms with Crippen LogP contribution in [0.25, 0.3) is 0 Å². The van der Waals surface area contributed by atoms with Crippen molar-refractivity contribution in [2.45, 2.75) is 59.3 Å². The molecule has 98 valence electrons. The maximum absolute atomic E-state index is 11.5. The first-order chi connectivity index (χ1) is 7.92. The van der Waals surface area contributed by atoms with Crippen molar-refractivity contribution in [1.29, 1.82) is 0 Å². The lowest BCUT2D eigenvalue weighted by Crippen LogP contribution is -2.39. The smallest absolute Gasteiger partial charge is 0.227 e. The third-order valence-electron chi connectivity index (χ3n) is 3.86. The van der Waals surface area contributed by atoms with Gasteiger partial charge in [0.1, 0.15) is 5.78 Å². The Kier molecular flexibility index (Phi) is 5.16. The van der Waals surface area contributed by atoms with Crippen molar-refractivity contribution in [2.75, 3.05) is 6.54 Å². The Labute approximate surface area is 104 Å². The van der Waals surface area contributed by atoms with E-state index in [0.717, 1.165) is 0 Å². The third-order valence-corrected chi connectivity index (χ3v) is 3.86. The molecule has 0 aromatic heterocycles. The minimum atomic E-state index is -0.138. The van der Waals surface area contributed by atoms with Crippen LogP contribution < -0.4 is 5.32 Å². The summed E-state index contributed by atoms with van der Waals surface area (Å²) in [6.07, 6.45) is 6.54. The lowest BCUT2D eigenvalue weighted by molar-refractivity contribution is -0.127. The van der Waals surface area contributed by atoms with Gasteiger partial charge in [-0.25, -0.2) is 0 Å². The fourth-order valence-electron chi connectivity index (χ4n) is 2.64. The summed E-state index contributed by atoms with van der Waals surface area (Å²) < 4.78 is 0. The first-order valence-electron chi connectivity index (χ1n) is 6.68. The molecule has 0 aromatic carbocycles. The molecule has 1 amide bonds. The van der Waals surface area contributed by atoms with Gasteiger partial charge in [-0.1, -0.05) is 33.1 Å². The van der Waals surface area contributed by atoms with Gasteiger partial charge in [-0.3, -0.25) is 9.59 Å². The highest BCUT2D eigenvalue weighted by Crippen LogP contribution is 2.37. The Morgan fingerprint density at radius 1 is 1.18 bits per heavy atom. The summed E-state index contributed by atoms with van der Waals surface area (Å²) in [5, 5.41) is 2.89. The Morgan fingerprint density at radius 3 is 2.29 bits per heavy atom. The van der Waals surface area contributed by atoms with Crippen LogP contribution >= 0.6 is 0 Å². The van der Waals surface area contributed by atoms with Gasteiger partial charge in [-0.15, -0.1) is 0 Å². The van der Waals surface area contributed by atoms with Crippen LogP contribution in [0.4, 0.5) is 0 Å². The fourth-order valence-corrected chi connectivity index (χ4v) is 2.64. The highest BCUT2D eigenvalue weighted by molar-refractivity contribution is 5.96. The van der Waals surface area contributed by atoms with E-state index in [0.29, 0.717) is 12.5 Å². The van der Waals surface area contributed by atoms with Gasteiger partial charge in [-0.2, -0.15) is 0 Å². The molecule has 0 heterocycles. The monoisotopic (exact) mass is 239 g/mol. The lowest BCUT2D eigenvalue weighted by atomic mass is 9.71. The molecule has 0 bridgehead atoms. The zero-order valence-corrected chi connectivity index (χ0v) is 11.3. The van der Waals surface area contributed by atoms with Crippen molar-refractivity contribution in [3.8, 4) is 0 Å². The molecule has 0 aromatic rings. The minimum absolute atomic E-state index is 0.0146. The molecule has 1 rings (SSSR count). The maximum atomic E-state index is 11.5. The molecule has 0 spiro atoms. The van der Waals surface area contributed by atoms with E-state index in [9.17, 15) is 9.59 Å². The average Bonchev–Trinajstić information content (AvgIpc) is 2.27. The summed E-state index contributed by atoms with van der Waals surface area (Å²) in [5.41, 5.74) is 0.146. The van der Waals surface area contributed by atoms with Crippen molar-refractivity contribution >= 4 is 11.7 Å². The number of ketones is 1. The van der Waals surface area contributed by atoms with Crippen LogP contribution in [0.2, 0.25) is 0 Å². The largest absolute Gasteiger partial charge is 0.355 e. The molecule has 0 radical (unpaired) electrons. The van der Waals surface area contributed by atoms with Crippen LogP contribution in [0.15, 0.2) is 0 Å². The zero-order chi connectivity index (χ0) is 12.9. The van der Waals surface area contributed by atoms with E-state index in [1.807, 2.05) is 0 Å². The topological polar surface area (TPSA) is 46.2 Å². The molecule has 1 fully saturated rings. The number of rotatable bonds is 5. The van der Waals surface area contributed by atoms with Gasteiger partial charge in [0.2, 0.25) is 5.91 Å². The van der Waals surface area contributed by atoms with Crippen LogP contribution in [-0.4, -0.2) is 18.2 Å². The average molecular weight is 239 g/mol. The Morgan fingerprint density at radius 2 is 1.76 bits per heavy atom. The fraction of sp³-hybridized carbons (Fsp3) is 0.857. The Bertz CT molecular complexity index is 278. The molecule has 3 nitrogen and oxygen atoms in total. The van der Waals surface area contributed by atoms with E-state index in [1.165, 1.54) is 39.0 Å². The summed E-state index contributed by atoms with van der Waals surface area (Å²) in [7, 11) is 0. The first kappa shape index (κ1) is 14.2. The minimum Gasteiger partial charge on any atom is -0.355 e. The van der Waals surface area contributed by atoms with E-state index in [-0.39, 0.29) is 23.5 Å². The van der Waals surface area contributed by atoms with Crippen LogP contribution in [0, 0.1) is 11.3 Å². The number of carbonyl (C=O) groups excluding carboxylic acids is 2. The van der Waals surface area contributed by atoms with Gasteiger partial charge in [-0.05, 0) is 31.1 Å². The number of Topliss-reactive ketones (excluding diaryl/α,β-unsaturated/α-hetero) is 1. The molecule has 3 heteroatoms. The first-order valence-corrected chi connectivity index (χ1v) is 6.68. The molecule has 17 heavy (non-hydrogen) atoms. The van der Waals surface area contributed by atoms with E-state index in [4.69, 9.17) is 0 Å². The van der Waals surface area contributed by atoms with Gasteiger partial charge in [0, 0.05) is 6.54 Å². The normalized spacial score (nSPS) is 17.8. The Balaban J connectivity index is 2.37. The predicted octanol–water partition coefficient (Wildman–Crippen LogP) is 2.69. The predicted molar refractivity (Wildman–Crippen MR) is 68.7 cm³/mol. The quantitative estimate of drug-likeness (QED) is 0.750. The van der Waals surface area contributed by atoms with E-state index in [2.05, 4.69) is 19.2 Å². The summed E-state index contributed by atoms with van der Waals surface area (Å²) >= 11 is 0. The van der Waals surface area contributed by atoms with E-state index < -0.39 is 0 Å². The summed E-state index contributed by atoms with van der Waals surface area (Å²) in [4.78, 5) is 22.3. The zero-order valence-electron chi connectivity index (χ0n) is 11.3. The van der Waals surface area contributed by atoms with Crippen molar-refractivity contribution in [3.05, 3.63) is 0 Å². The number of amides is 1. The molecule has 0 saturated heterocycles. The molecule has 1 saturated carbocycles. The third kappa shape index (κ3) is 4.88. The van der Waals surface area contributed by atoms with Crippen LogP contribution in [0.5, 0.6) is 0 Å². The molecule has 0 unspecified atom stereocenters. The summed E-state index contributed by atoms with van der Waals surface area (Å²) in [6, 6.07) is 0. The molecule has 0 atom stereocenters. The second kappa shape index (κ2) is 6.18. The van der Waals surface area contributed by atoms with E-state index >= 15 is 0 Å². The second-order valence-electron chi connectivity index (χ2n) is 5.98. The van der Waals surface area contributed by atoms with Gasteiger partial charge in [0.05, 0.1) is 6.42 Å². The summed E-state index contributed by atoms with van der Waals surface area (Å²) in [5.74, 6) is 0.494. The number of hydrogen-bond donors (Lipinski definition) is 1. The van der Waals surface area contributed by atoms with Gasteiger partial charge in [0.25, 0.3) is 0 Å². The second-order valence-corrected chi connectivity index (χ2v) is 5.98. The Hall–Kier alpha value is -0.860. The summed E-state index contributed by atoms with van der Waals surface area (Å²) in [6.45, 7) is 6.57. The van der Waals surface area contributed by atoms with Gasteiger partial charge >= 0.3 is 0 Å². The van der Waals surface area contributed by atoms with Crippen LogP contribution in [0.3, 0.4) is 0 Å². The highest BCUT2D eigenvalue weighted by atomic mass is 16.2. The van der Waals surface area contributed by atoms with Crippen molar-refractivity contribution in [1.82, 2.24) is 5.32 Å². The molecule has 1 aliphatic rings. The number of nitrogens with one attached hydrogen (secondary N) is 1. The SMILES string of the molecule is CC(=O)CC(=O)NCC(C)(C)C1CCCCC1. The van der Waals surface area contributed by atoms with E-state index in [1.54, 1.807) is 0 Å². The highest BCUT2D eigenvalue weighted by Gasteiger charge is 2.30. The molecular weight excluding hydrogens is 214 g/mol.